The monoisotopic (exact) mass is 590 g/mol. The molecule has 1 aliphatic rings. The zero-order valence-electron chi connectivity index (χ0n) is 19.1. The maximum absolute atomic E-state index is 13.2. The van der Waals surface area contributed by atoms with Crippen LogP contribution < -0.4 is 9.62 Å². The van der Waals surface area contributed by atoms with Gasteiger partial charge in [-0.3, -0.25) is 4.79 Å². The first-order valence-electron chi connectivity index (χ1n) is 10.6. The van der Waals surface area contributed by atoms with Gasteiger partial charge >= 0.3 is 5.97 Å². The Balaban J connectivity index is 1.61. The van der Waals surface area contributed by atoms with Crippen LogP contribution in [-0.4, -0.2) is 27.3 Å². The standard InChI is InChI=1S/C25H20BrClN2O6S/c1-15-23(25(31)34-2)24(30)22(29(15)18-7-5-17(27)6-8-18)13-19-9-10-20(35-19)14-28-36(32,33)21-11-3-16(26)4-12-21/h3-13,28H,14H2,1-2H3/b22-13+. The van der Waals surface area contributed by atoms with Crippen molar-refractivity contribution in [3.8, 4) is 0 Å². The summed E-state index contributed by atoms with van der Waals surface area (Å²) in [5.74, 6) is -0.636. The summed E-state index contributed by atoms with van der Waals surface area (Å²) in [5.41, 5.74) is 1.10. The number of nitrogens with one attached hydrogen (secondary N) is 1. The third-order valence-corrected chi connectivity index (χ3v) is 7.59. The van der Waals surface area contributed by atoms with Gasteiger partial charge in [-0.25, -0.2) is 17.9 Å². The van der Waals surface area contributed by atoms with Crippen LogP contribution in [0.1, 0.15) is 18.4 Å². The van der Waals surface area contributed by atoms with E-state index >= 15 is 0 Å². The number of hydrogen-bond donors (Lipinski definition) is 1. The second-order valence-corrected chi connectivity index (χ2v) is 10.8. The second kappa shape index (κ2) is 10.4. The molecule has 11 heteroatoms. The molecule has 0 fully saturated rings. The highest BCUT2D eigenvalue weighted by atomic mass is 79.9. The predicted octanol–water partition coefficient (Wildman–Crippen LogP) is 5.05. The van der Waals surface area contributed by atoms with Crippen molar-refractivity contribution in [1.82, 2.24) is 4.72 Å². The van der Waals surface area contributed by atoms with Gasteiger partial charge in [-0.15, -0.1) is 0 Å². The number of nitrogens with zero attached hydrogens (tertiary/aromatic N) is 1. The molecule has 0 atom stereocenters. The fraction of sp³-hybridized carbons (Fsp3) is 0.120. The summed E-state index contributed by atoms with van der Waals surface area (Å²) < 4.78 is 38.9. The van der Waals surface area contributed by atoms with E-state index in [1.165, 1.54) is 25.3 Å². The summed E-state index contributed by atoms with van der Waals surface area (Å²) in [6, 6.07) is 16.2. The quantitative estimate of drug-likeness (QED) is 0.233. The van der Waals surface area contributed by atoms with E-state index in [-0.39, 0.29) is 22.7 Å². The minimum atomic E-state index is -3.75. The van der Waals surface area contributed by atoms with Gasteiger partial charge < -0.3 is 14.1 Å². The van der Waals surface area contributed by atoms with Gasteiger partial charge in [0.05, 0.1) is 24.2 Å². The van der Waals surface area contributed by atoms with E-state index in [9.17, 15) is 18.0 Å². The number of carbonyl (C=O) groups is 2. The SMILES string of the molecule is COC(=O)C1=C(C)N(c2ccc(Cl)cc2)/C(=C/c2ccc(CNS(=O)(=O)c3ccc(Br)cc3)o2)C1=O. The van der Waals surface area contributed by atoms with Crippen molar-refractivity contribution in [3.05, 3.63) is 98.6 Å². The molecular formula is C25H20BrClN2O6S. The van der Waals surface area contributed by atoms with Crippen LogP contribution in [0.4, 0.5) is 5.69 Å². The van der Waals surface area contributed by atoms with Gasteiger partial charge in [0.25, 0.3) is 0 Å². The van der Waals surface area contributed by atoms with Gasteiger partial charge in [0.15, 0.2) is 0 Å². The largest absolute Gasteiger partial charge is 0.465 e. The number of esters is 1. The van der Waals surface area contributed by atoms with E-state index in [1.54, 1.807) is 60.4 Å². The van der Waals surface area contributed by atoms with Gasteiger partial charge in [0, 0.05) is 27.0 Å². The number of ketones is 1. The Morgan fingerprint density at radius 3 is 2.42 bits per heavy atom. The Labute approximate surface area is 221 Å². The number of sulfonamides is 1. The van der Waals surface area contributed by atoms with Crippen molar-refractivity contribution < 1.29 is 27.2 Å². The molecule has 0 amide bonds. The summed E-state index contributed by atoms with van der Waals surface area (Å²) in [4.78, 5) is 27.2. The van der Waals surface area contributed by atoms with Gasteiger partial charge in [0.1, 0.15) is 17.1 Å². The first-order valence-corrected chi connectivity index (χ1v) is 13.2. The predicted molar refractivity (Wildman–Crippen MR) is 139 cm³/mol. The van der Waals surface area contributed by atoms with Gasteiger partial charge in [-0.1, -0.05) is 27.5 Å². The molecule has 0 saturated carbocycles. The van der Waals surface area contributed by atoms with Gasteiger partial charge in [-0.05, 0) is 67.6 Å². The normalized spacial score (nSPS) is 15.2. The molecule has 2 aromatic carbocycles. The smallest absolute Gasteiger partial charge is 0.343 e. The van der Waals surface area contributed by atoms with E-state index in [1.807, 2.05) is 0 Å². The molecule has 0 spiro atoms. The fourth-order valence-electron chi connectivity index (χ4n) is 3.65. The number of rotatable bonds is 7. The maximum atomic E-state index is 13.2. The molecule has 8 nitrogen and oxygen atoms in total. The Morgan fingerprint density at radius 1 is 1.11 bits per heavy atom. The summed E-state index contributed by atoms with van der Waals surface area (Å²) in [7, 11) is -2.54. The lowest BCUT2D eigenvalue weighted by Crippen LogP contribution is -2.22. The van der Waals surface area contributed by atoms with Gasteiger partial charge in [-0.2, -0.15) is 0 Å². The minimum absolute atomic E-state index is 0.0901. The molecule has 1 N–H and O–H groups in total. The molecule has 0 aliphatic carbocycles. The highest BCUT2D eigenvalue weighted by Crippen LogP contribution is 2.36. The van der Waals surface area contributed by atoms with Crippen molar-refractivity contribution in [1.29, 1.82) is 0 Å². The molecular weight excluding hydrogens is 572 g/mol. The van der Waals surface area contributed by atoms with Crippen molar-refractivity contribution in [2.24, 2.45) is 0 Å². The van der Waals surface area contributed by atoms with E-state index in [0.29, 0.717) is 27.9 Å². The molecule has 0 radical (unpaired) electrons. The van der Waals surface area contributed by atoms with Crippen LogP contribution in [0.2, 0.25) is 5.02 Å². The first-order chi connectivity index (χ1) is 17.1. The average molecular weight is 592 g/mol. The second-order valence-electron chi connectivity index (χ2n) is 7.71. The molecule has 2 heterocycles. The molecule has 36 heavy (non-hydrogen) atoms. The number of furan rings is 1. The van der Waals surface area contributed by atoms with Crippen LogP contribution in [0.25, 0.3) is 6.08 Å². The molecule has 4 rings (SSSR count). The summed E-state index contributed by atoms with van der Waals surface area (Å²) in [5, 5.41) is 0.519. The fourth-order valence-corrected chi connectivity index (χ4v) is 5.03. The van der Waals surface area contributed by atoms with Crippen LogP contribution in [0.15, 0.2) is 91.4 Å². The van der Waals surface area contributed by atoms with E-state index in [4.69, 9.17) is 20.8 Å². The molecule has 3 aromatic rings. The Bertz CT molecular complexity index is 1490. The Kier molecular flexibility index (Phi) is 7.51. The molecule has 0 bridgehead atoms. The highest BCUT2D eigenvalue weighted by molar-refractivity contribution is 9.10. The number of benzene rings is 2. The van der Waals surface area contributed by atoms with Gasteiger partial charge in [0.2, 0.25) is 15.8 Å². The number of methoxy groups -OCH3 is 1. The number of hydrogen-bond acceptors (Lipinski definition) is 7. The maximum Gasteiger partial charge on any atom is 0.343 e. The summed E-state index contributed by atoms with van der Waals surface area (Å²) in [6.45, 7) is 1.55. The third kappa shape index (κ3) is 5.31. The zero-order valence-corrected chi connectivity index (χ0v) is 22.3. The molecule has 186 valence electrons. The van der Waals surface area contributed by atoms with E-state index in [0.717, 1.165) is 4.47 Å². The zero-order chi connectivity index (χ0) is 26.0. The number of carbonyl (C=O) groups excluding carboxylic acids is 2. The third-order valence-electron chi connectivity index (χ3n) is 5.39. The number of halogens is 2. The number of Topliss-reactive ketones (excluding diaryl/α,β-unsaturated/α-hetero) is 1. The van der Waals surface area contributed by atoms with Crippen LogP contribution in [0.3, 0.4) is 0 Å². The number of anilines is 1. The number of ether oxygens (including phenoxy) is 1. The van der Waals surface area contributed by atoms with Crippen LogP contribution >= 0.6 is 27.5 Å². The van der Waals surface area contributed by atoms with Crippen molar-refractivity contribution in [2.45, 2.75) is 18.4 Å². The molecule has 0 unspecified atom stereocenters. The van der Waals surface area contributed by atoms with Crippen LogP contribution in [-0.2, 0) is 30.9 Å². The topological polar surface area (TPSA) is 106 Å². The lowest BCUT2D eigenvalue weighted by atomic mass is 10.1. The van der Waals surface area contributed by atoms with Crippen LogP contribution in [0, 0.1) is 0 Å². The first kappa shape index (κ1) is 25.9. The molecule has 1 aliphatic heterocycles. The number of allylic oxidation sites excluding steroid dienone is 2. The lowest BCUT2D eigenvalue weighted by Gasteiger charge is -2.21. The van der Waals surface area contributed by atoms with E-state index in [2.05, 4.69) is 20.7 Å². The van der Waals surface area contributed by atoms with Crippen molar-refractivity contribution >= 4 is 61.1 Å². The molecule has 0 saturated heterocycles. The summed E-state index contributed by atoms with van der Waals surface area (Å²) in [6.07, 6.45) is 1.49. The lowest BCUT2D eigenvalue weighted by molar-refractivity contribution is -0.137. The van der Waals surface area contributed by atoms with Crippen LogP contribution in [0.5, 0.6) is 0 Å². The summed E-state index contributed by atoms with van der Waals surface area (Å²) >= 11 is 9.28. The van der Waals surface area contributed by atoms with E-state index < -0.39 is 21.8 Å². The minimum Gasteiger partial charge on any atom is -0.465 e. The van der Waals surface area contributed by atoms with Crippen molar-refractivity contribution in [3.63, 3.8) is 0 Å². The average Bonchev–Trinajstić information content (AvgIpc) is 3.40. The molecule has 1 aromatic heterocycles. The van der Waals surface area contributed by atoms with Crippen molar-refractivity contribution in [2.75, 3.05) is 12.0 Å². The highest BCUT2D eigenvalue weighted by Gasteiger charge is 2.38. The Morgan fingerprint density at radius 2 is 1.78 bits per heavy atom. The Hall–Kier alpha value is -3.18.